The highest BCUT2D eigenvalue weighted by atomic mass is 32.2. The summed E-state index contributed by atoms with van der Waals surface area (Å²) >= 11 is 1.65. The summed E-state index contributed by atoms with van der Waals surface area (Å²) in [5.41, 5.74) is 0. The standard InChI is InChI=1S/C12H16N2O2S/c1-2-12(15)16-7-4-8-17-10-11(9-14)5-3-6-13/h2,11H,1,3-5,7-8,10H2. The molecule has 0 rings (SSSR count). The number of esters is 1. The molecule has 0 spiro atoms. The second kappa shape index (κ2) is 11.0. The first-order chi connectivity index (χ1) is 8.24. The van der Waals surface area contributed by atoms with Gasteiger partial charge in [0.2, 0.25) is 0 Å². The summed E-state index contributed by atoms with van der Waals surface area (Å²) in [6.45, 7) is 3.68. The lowest BCUT2D eigenvalue weighted by Crippen LogP contribution is -2.04. The van der Waals surface area contributed by atoms with Crippen LogP contribution in [0.25, 0.3) is 0 Å². The molecule has 0 aliphatic carbocycles. The van der Waals surface area contributed by atoms with Gasteiger partial charge >= 0.3 is 5.97 Å². The normalized spacial score (nSPS) is 10.9. The van der Waals surface area contributed by atoms with Gasteiger partial charge in [0.05, 0.1) is 24.7 Å². The van der Waals surface area contributed by atoms with Crippen molar-refractivity contribution in [3.8, 4) is 12.1 Å². The molecule has 0 fully saturated rings. The van der Waals surface area contributed by atoms with Gasteiger partial charge in [0.25, 0.3) is 0 Å². The van der Waals surface area contributed by atoms with Crippen LogP contribution in [-0.4, -0.2) is 24.1 Å². The van der Waals surface area contributed by atoms with Gasteiger partial charge in [0.1, 0.15) is 0 Å². The molecule has 0 amide bonds. The number of nitriles is 2. The second-order valence-corrected chi connectivity index (χ2v) is 4.47. The van der Waals surface area contributed by atoms with Gasteiger partial charge in [0.15, 0.2) is 0 Å². The molecule has 0 aliphatic heterocycles. The minimum atomic E-state index is -0.404. The molecule has 0 saturated carbocycles. The first-order valence-corrected chi connectivity index (χ1v) is 6.53. The Bertz CT molecular complexity index is 317. The van der Waals surface area contributed by atoms with Gasteiger partial charge in [0, 0.05) is 18.2 Å². The van der Waals surface area contributed by atoms with Crippen LogP contribution in [0.15, 0.2) is 12.7 Å². The summed E-state index contributed by atoms with van der Waals surface area (Å²) in [4.78, 5) is 10.7. The molecule has 0 aromatic heterocycles. The van der Waals surface area contributed by atoms with E-state index in [1.165, 1.54) is 0 Å². The molecule has 92 valence electrons. The topological polar surface area (TPSA) is 73.9 Å². The fourth-order valence-electron chi connectivity index (χ4n) is 1.04. The molecule has 1 unspecified atom stereocenters. The van der Waals surface area contributed by atoms with Crippen molar-refractivity contribution in [3.05, 3.63) is 12.7 Å². The van der Waals surface area contributed by atoms with Gasteiger partial charge in [-0.2, -0.15) is 22.3 Å². The molecule has 0 aromatic carbocycles. The van der Waals surface area contributed by atoms with E-state index < -0.39 is 5.97 Å². The fraction of sp³-hybridized carbons (Fsp3) is 0.583. The van der Waals surface area contributed by atoms with E-state index in [9.17, 15) is 4.79 Å². The average Bonchev–Trinajstić information content (AvgIpc) is 2.36. The van der Waals surface area contributed by atoms with Crippen molar-refractivity contribution in [2.24, 2.45) is 5.92 Å². The highest BCUT2D eigenvalue weighted by molar-refractivity contribution is 7.99. The molecule has 4 nitrogen and oxygen atoms in total. The van der Waals surface area contributed by atoms with Gasteiger partial charge in [-0.25, -0.2) is 4.79 Å². The first kappa shape index (κ1) is 15.5. The summed E-state index contributed by atoms with van der Waals surface area (Å²) in [6.07, 6.45) is 2.96. The molecule has 0 radical (unpaired) electrons. The van der Waals surface area contributed by atoms with Crippen LogP contribution in [0.4, 0.5) is 0 Å². The zero-order valence-corrected chi connectivity index (χ0v) is 10.5. The van der Waals surface area contributed by atoms with Crippen molar-refractivity contribution >= 4 is 17.7 Å². The van der Waals surface area contributed by atoms with Gasteiger partial charge < -0.3 is 4.74 Å². The fourth-order valence-corrected chi connectivity index (χ4v) is 2.06. The van der Waals surface area contributed by atoms with Crippen LogP contribution in [-0.2, 0) is 9.53 Å². The molecule has 0 aliphatic rings. The maximum Gasteiger partial charge on any atom is 0.330 e. The summed E-state index contributed by atoms with van der Waals surface area (Å²) in [5, 5.41) is 17.2. The predicted octanol–water partition coefficient (Wildman–Crippen LogP) is 2.28. The number of carbonyl (C=O) groups excluding carboxylic acids is 1. The lowest BCUT2D eigenvalue weighted by atomic mass is 10.1. The Hall–Kier alpha value is -1.46. The lowest BCUT2D eigenvalue weighted by Gasteiger charge is -2.06. The number of thioether (sulfide) groups is 1. The Balaban J connectivity index is 3.44. The monoisotopic (exact) mass is 252 g/mol. The molecule has 0 N–H and O–H groups in total. The number of nitrogens with zero attached hydrogens (tertiary/aromatic N) is 2. The average molecular weight is 252 g/mol. The smallest absolute Gasteiger partial charge is 0.330 e. The van der Waals surface area contributed by atoms with E-state index in [0.717, 1.165) is 24.0 Å². The molecule has 0 bridgehead atoms. The van der Waals surface area contributed by atoms with Gasteiger partial charge in [-0.3, -0.25) is 0 Å². The van der Waals surface area contributed by atoms with E-state index >= 15 is 0 Å². The molecule has 5 heteroatoms. The van der Waals surface area contributed by atoms with Crippen LogP contribution in [0, 0.1) is 28.6 Å². The van der Waals surface area contributed by atoms with Crippen molar-refractivity contribution in [2.75, 3.05) is 18.1 Å². The molecular weight excluding hydrogens is 236 g/mol. The number of ether oxygens (including phenoxy) is 1. The molecular formula is C12H16N2O2S. The number of hydrogen-bond donors (Lipinski definition) is 0. The Kier molecular flexibility index (Phi) is 10.1. The van der Waals surface area contributed by atoms with Crippen molar-refractivity contribution < 1.29 is 9.53 Å². The molecule has 1 atom stereocenters. The third-order valence-corrected chi connectivity index (χ3v) is 3.17. The molecule has 0 aromatic rings. The SMILES string of the molecule is C=CC(=O)OCCCSCC(C#N)CCC#N. The van der Waals surface area contributed by atoms with Crippen LogP contribution in [0.3, 0.4) is 0 Å². The van der Waals surface area contributed by atoms with E-state index in [4.69, 9.17) is 15.3 Å². The highest BCUT2D eigenvalue weighted by Crippen LogP contribution is 2.14. The first-order valence-electron chi connectivity index (χ1n) is 5.38. The van der Waals surface area contributed by atoms with E-state index in [0.29, 0.717) is 19.4 Å². The van der Waals surface area contributed by atoms with Crippen molar-refractivity contribution in [1.82, 2.24) is 0 Å². The van der Waals surface area contributed by atoms with E-state index in [-0.39, 0.29) is 5.92 Å². The molecule has 17 heavy (non-hydrogen) atoms. The number of rotatable bonds is 9. The summed E-state index contributed by atoms with van der Waals surface area (Å²) in [6, 6.07) is 4.22. The van der Waals surface area contributed by atoms with Gasteiger partial charge in [-0.15, -0.1) is 0 Å². The van der Waals surface area contributed by atoms with Crippen LogP contribution in [0.5, 0.6) is 0 Å². The minimum Gasteiger partial charge on any atom is -0.463 e. The van der Waals surface area contributed by atoms with Crippen LogP contribution >= 0.6 is 11.8 Å². The molecule has 0 heterocycles. The molecule has 0 saturated heterocycles. The van der Waals surface area contributed by atoms with Crippen molar-refractivity contribution in [2.45, 2.75) is 19.3 Å². The largest absolute Gasteiger partial charge is 0.463 e. The Morgan fingerprint density at radius 3 is 2.88 bits per heavy atom. The minimum absolute atomic E-state index is 0.0598. The van der Waals surface area contributed by atoms with Gasteiger partial charge in [-0.05, 0) is 18.6 Å². The van der Waals surface area contributed by atoms with Crippen molar-refractivity contribution in [3.63, 3.8) is 0 Å². The second-order valence-electron chi connectivity index (χ2n) is 3.32. The highest BCUT2D eigenvalue weighted by Gasteiger charge is 2.06. The Labute approximate surface area is 106 Å². The van der Waals surface area contributed by atoms with E-state index in [1.54, 1.807) is 11.8 Å². The lowest BCUT2D eigenvalue weighted by molar-refractivity contribution is -0.137. The van der Waals surface area contributed by atoms with Crippen LogP contribution in [0.1, 0.15) is 19.3 Å². The summed E-state index contributed by atoms with van der Waals surface area (Å²) < 4.78 is 4.81. The van der Waals surface area contributed by atoms with E-state index in [1.807, 2.05) is 6.07 Å². The third kappa shape index (κ3) is 9.47. The van der Waals surface area contributed by atoms with Crippen LogP contribution < -0.4 is 0 Å². The Morgan fingerprint density at radius 1 is 1.53 bits per heavy atom. The number of carbonyl (C=O) groups is 1. The quantitative estimate of drug-likeness (QED) is 0.357. The zero-order valence-electron chi connectivity index (χ0n) is 9.72. The maximum absolute atomic E-state index is 10.7. The van der Waals surface area contributed by atoms with Crippen molar-refractivity contribution in [1.29, 1.82) is 10.5 Å². The predicted molar refractivity (Wildman–Crippen MR) is 67.0 cm³/mol. The van der Waals surface area contributed by atoms with E-state index in [2.05, 4.69) is 12.6 Å². The summed E-state index contributed by atoms with van der Waals surface area (Å²) in [5.74, 6) is 1.11. The third-order valence-electron chi connectivity index (χ3n) is 1.95. The van der Waals surface area contributed by atoms with Crippen LogP contribution in [0.2, 0.25) is 0 Å². The van der Waals surface area contributed by atoms with Gasteiger partial charge in [-0.1, -0.05) is 6.58 Å². The zero-order chi connectivity index (χ0) is 12.9. The Morgan fingerprint density at radius 2 is 2.29 bits per heavy atom. The maximum atomic E-state index is 10.7. The summed E-state index contributed by atoms with van der Waals surface area (Å²) in [7, 11) is 0. The number of hydrogen-bond acceptors (Lipinski definition) is 5.